The van der Waals surface area contributed by atoms with Gasteiger partial charge in [0.15, 0.2) is 0 Å². The molecule has 2 N–H and O–H groups in total. The first-order valence-electron chi connectivity index (χ1n) is 7.44. The van der Waals surface area contributed by atoms with Crippen LogP contribution in [0.1, 0.15) is 30.6 Å². The number of alkyl halides is 3. The number of nitrogens with one attached hydrogen (secondary N) is 1. The Labute approximate surface area is 141 Å². The second kappa shape index (κ2) is 7.47. The van der Waals surface area contributed by atoms with Crippen LogP contribution >= 0.6 is 0 Å². The molecule has 2 aromatic rings. The fourth-order valence-electron chi connectivity index (χ4n) is 2.28. The van der Waals surface area contributed by atoms with Crippen LogP contribution in [0.5, 0.6) is 0 Å². The van der Waals surface area contributed by atoms with Gasteiger partial charge >= 0.3 is 6.18 Å². The molecule has 1 heterocycles. The quantitative estimate of drug-likeness (QED) is 0.605. The minimum Gasteiger partial charge on any atom is -0.386 e. The van der Waals surface area contributed by atoms with Crippen LogP contribution < -0.4 is 5.32 Å². The van der Waals surface area contributed by atoms with E-state index in [0.717, 1.165) is 18.3 Å². The smallest absolute Gasteiger partial charge is 0.386 e. The van der Waals surface area contributed by atoms with Crippen LogP contribution in [-0.2, 0) is 6.18 Å². The van der Waals surface area contributed by atoms with Crippen molar-refractivity contribution >= 4 is 11.5 Å². The summed E-state index contributed by atoms with van der Waals surface area (Å²) in [5, 5.41) is 23.9. The van der Waals surface area contributed by atoms with Crippen LogP contribution in [0.4, 0.5) is 24.7 Å². The van der Waals surface area contributed by atoms with Crippen LogP contribution in [0, 0.1) is 10.1 Å². The summed E-state index contributed by atoms with van der Waals surface area (Å²) < 4.78 is 37.8. The Balaban J connectivity index is 2.12. The monoisotopic (exact) mass is 355 g/mol. The number of aromatic nitrogens is 1. The van der Waals surface area contributed by atoms with Crippen molar-refractivity contribution in [3.05, 3.63) is 63.8 Å². The fraction of sp³-hybridized carbons (Fsp3) is 0.312. The first kappa shape index (κ1) is 18.7. The van der Waals surface area contributed by atoms with Gasteiger partial charge in [0.05, 0.1) is 22.6 Å². The van der Waals surface area contributed by atoms with Gasteiger partial charge in [0, 0.05) is 6.07 Å². The number of hydrogen-bond donors (Lipinski definition) is 2. The van der Waals surface area contributed by atoms with Gasteiger partial charge in [-0.25, -0.2) is 4.98 Å². The predicted molar refractivity (Wildman–Crippen MR) is 85.0 cm³/mol. The molecule has 0 radical (unpaired) electrons. The summed E-state index contributed by atoms with van der Waals surface area (Å²) in [4.78, 5) is 13.9. The van der Waals surface area contributed by atoms with Crippen LogP contribution in [0.3, 0.4) is 0 Å². The maximum Gasteiger partial charge on any atom is 0.416 e. The van der Waals surface area contributed by atoms with Gasteiger partial charge in [-0.2, -0.15) is 13.2 Å². The zero-order valence-electron chi connectivity index (χ0n) is 13.2. The molecule has 0 amide bonds. The second-order valence-corrected chi connectivity index (χ2v) is 5.38. The maximum absolute atomic E-state index is 12.6. The Morgan fingerprint density at radius 1 is 1.24 bits per heavy atom. The van der Waals surface area contributed by atoms with Crippen molar-refractivity contribution in [1.82, 2.24) is 4.98 Å². The van der Waals surface area contributed by atoms with E-state index in [1.54, 1.807) is 6.92 Å². The molecule has 0 saturated carbocycles. The van der Waals surface area contributed by atoms with Gasteiger partial charge in [-0.15, -0.1) is 0 Å². The minimum atomic E-state index is -4.44. The number of anilines is 1. The molecule has 1 aromatic heterocycles. The molecule has 0 saturated heterocycles. The number of nitro groups is 1. The van der Waals surface area contributed by atoms with Crippen LogP contribution in [-0.4, -0.2) is 21.1 Å². The lowest BCUT2D eigenvalue weighted by molar-refractivity contribution is -0.385. The van der Waals surface area contributed by atoms with E-state index < -0.39 is 28.8 Å². The molecule has 0 bridgehead atoms. The number of benzene rings is 1. The summed E-state index contributed by atoms with van der Waals surface area (Å²) in [5.74, 6) is 0.323. The zero-order chi connectivity index (χ0) is 18.6. The molecule has 0 aliphatic rings. The number of aliphatic hydroxyl groups is 1. The average Bonchev–Trinajstić information content (AvgIpc) is 2.59. The molecule has 0 aliphatic heterocycles. The zero-order valence-corrected chi connectivity index (χ0v) is 13.2. The Morgan fingerprint density at radius 2 is 1.88 bits per heavy atom. The Hall–Kier alpha value is -2.68. The van der Waals surface area contributed by atoms with E-state index in [1.165, 1.54) is 24.3 Å². The fourth-order valence-corrected chi connectivity index (χ4v) is 2.28. The van der Waals surface area contributed by atoms with Gasteiger partial charge < -0.3 is 10.4 Å². The summed E-state index contributed by atoms with van der Waals surface area (Å²) in [6, 6.07) is 6.42. The van der Waals surface area contributed by atoms with Gasteiger partial charge in [0.2, 0.25) is 0 Å². The first-order valence-corrected chi connectivity index (χ1v) is 7.44. The molecule has 6 nitrogen and oxygen atoms in total. The molecule has 2 unspecified atom stereocenters. The van der Waals surface area contributed by atoms with Crippen molar-refractivity contribution < 1.29 is 23.2 Å². The van der Waals surface area contributed by atoms with Crippen molar-refractivity contribution in [2.75, 3.05) is 5.32 Å². The highest BCUT2D eigenvalue weighted by Crippen LogP contribution is 2.31. The number of pyridine rings is 1. The highest BCUT2D eigenvalue weighted by Gasteiger charge is 2.30. The van der Waals surface area contributed by atoms with Gasteiger partial charge in [0.25, 0.3) is 5.69 Å². The first-order chi connectivity index (χ1) is 11.7. The molecule has 2 rings (SSSR count). The maximum atomic E-state index is 12.6. The van der Waals surface area contributed by atoms with E-state index in [9.17, 15) is 28.4 Å². The van der Waals surface area contributed by atoms with Crippen molar-refractivity contribution in [3.8, 4) is 0 Å². The number of nitrogens with zero attached hydrogens (tertiary/aromatic N) is 2. The largest absolute Gasteiger partial charge is 0.416 e. The number of aliphatic hydroxyl groups excluding tert-OH is 1. The van der Waals surface area contributed by atoms with E-state index >= 15 is 0 Å². The van der Waals surface area contributed by atoms with Crippen LogP contribution in [0.25, 0.3) is 0 Å². The van der Waals surface area contributed by atoms with E-state index in [1.807, 2.05) is 0 Å². The van der Waals surface area contributed by atoms with Gasteiger partial charge in [-0.1, -0.05) is 19.1 Å². The van der Waals surface area contributed by atoms with Gasteiger partial charge in [-0.05, 0) is 30.2 Å². The normalized spacial score (nSPS) is 14.0. The van der Waals surface area contributed by atoms with Crippen LogP contribution in [0.15, 0.2) is 42.6 Å². The number of rotatable bonds is 6. The van der Waals surface area contributed by atoms with Crippen molar-refractivity contribution in [1.29, 1.82) is 0 Å². The summed E-state index contributed by atoms with van der Waals surface area (Å²) >= 11 is 0. The number of halogens is 3. The van der Waals surface area contributed by atoms with E-state index in [-0.39, 0.29) is 5.69 Å². The molecule has 0 aliphatic carbocycles. The molecule has 134 valence electrons. The summed E-state index contributed by atoms with van der Waals surface area (Å²) in [6.07, 6.45) is -3.96. The molecule has 25 heavy (non-hydrogen) atoms. The van der Waals surface area contributed by atoms with Crippen LogP contribution in [0.2, 0.25) is 0 Å². The van der Waals surface area contributed by atoms with Gasteiger partial charge in [-0.3, -0.25) is 10.1 Å². The predicted octanol–water partition coefficient (Wildman–Crippen LogP) is 3.93. The summed E-state index contributed by atoms with van der Waals surface area (Å²) in [7, 11) is 0. The third kappa shape index (κ3) is 4.66. The Bertz CT molecular complexity index is 718. The molecular formula is C16H16F3N3O3. The third-order valence-corrected chi connectivity index (χ3v) is 3.69. The molecule has 0 spiro atoms. The molecule has 1 aromatic carbocycles. The van der Waals surface area contributed by atoms with Crippen molar-refractivity contribution in [3.63, 3.8) is 0 Å². The average molecular weight is 355 g/mol. The lowest BCUT2D eigenvalue weighted by Crippen LogP contribution is -2.27. The van der Waals surface area contributed by atoms with E-state index in [4.69, 9.17) is 0 Å². The molecule has 9 heteroatoms. The van der Waals surface area contributed by atoms with E-state index in [2.05, 4.69) is 10.3 Å². The lowest BCUT2D eigenvalue weighted by atomic mass is 9.99. The van der Waals surface area contributed by atoms with Crippen molar-refractivity contribution in [2.45, 2.75) is 31.7 Å². The third-order valence-electron chi connectivity index (χ3n) is 3.69. The standard InChI is InChI=1S/C16H16F3N3O3/c1-2-13(21-14-8-7-12(9-20-14)22(24)25)15(23)10-3-5-11(6-4-10)16(17,18)19/h3-9,13,15,23H,2H2,1H3,(H,20,21). The minimum absolute atomic E-state index is 0.165. The van der Waals surface area contributed by atoms with Crippen molar-refractivity contribution in [2.24, 2.45) is 0 Å². The van der Waals surface area contributed by atoms with E-state index in [0.29, 0.717) is 17.8 Å². The highest BCUT2D eigenvalue weighted by atomic mass is 19.4. The summed E-state index contributed by atoms with van der Waals surface area (Å²) in [5.41, 5.74) is -0.627. The number of hydrogen-bond acceptors (Lipinski definition) is 5. The molecule has 0 fully saturated rings. The summed E-state index contributed by atoms with van der Waals surface area (Å²) in [6.45, 7) is 1.79. The SMILES string of the molecule is CCC(Nc1ccc([N+](=O)[O-])cn1)C(O)c1ccc(C(F)(F)F)cc1. The second-order valence-electron chi connectivity index (χ2n) is 5.38. The Kier molecular flexibility index (Phi) is 5.58. The van der Waals surface area contributed by atoms with Gasteiger partial charge in [0.1, 0.15) is 12.0 Å². The molecular weight excluding hydrogens is 339 g/mol. The topological polar surface area (TPSA) is 88.3 Å². The molecule has 2 atom stereocenters. The lowest BCUT2D eigenvalue weighted by Gasteiger charge is -2.24. The highest BCUT2D eigenvalue weighted by molar-refractivity contribution is 5.41. The Morgan fingerprint density at radius 3 is 2.32 bits per heavy atom.